The maximum absolute atomic E-state index is 12.5. The highest BCUT2D eigenvalue weighted by molar-refractivity contribution is 6.30. The minimum atomic E-state index is -0.793. The van der Waals surface area contributed by atoms with Gasteiger partial charge in [0.05, 0.1) is 17.3 Å². The zero-order valence-corrected chi connectivity index (χ0v) is 16.6. The molecular formula is C19H19ClN4O4. The molecule has 0 aliphatic carbocycles. The van der Waals surface area contributed by atoms with Gasteiger partial charge in [-0.3, -0.25) is 18.7 Å². The molecule has 0 spiro atoms. The summed E-state index contributed by atoms with van der Waals surface area (Å²) in [5.41, 5.74) is 0.428. The van der Waals surface area contributed by atoms with E-state index in [2.05, 4.69) is 10.3 Å². The topological polar surface area (TPSA) is 95.2 Å². The molecule has 3 rings (SSSR count). The van der Waals surface area contributed by atoms with Gasteiger partial charge in [0.25, 0.3) is 11.5 Å². The van der Waals surface area contributed by atoms with Gasteiger partial charge < -0.3 is 10.1 Å². The van der Waals surface area contributed by atoms with Gasteiger partial charge in [0, 0.05) is 19.1 Å². The van der Waals surface area contributed by atoms with Crippen LogP contribution in [0.25, 0.3) is 11.0 Å². The van der Waals surface area contributed by atoms with E-state index < -0.39 is 23.3 Å². The molecule has 0 saturated heterocycles. The molecule has 2 aromatic heterocycles. The van der Waals surface area contributed by atoms with Crippen LogP contribution >= 0.6 is 11.6 Å². The van der Waals surface area contributed by atoms with Gasteiger partial charge in [-0.05, 0) is 43.7 Å². The molecule has 0 saturated carbocycles. The smallest absolute Gasteiger partial charge is 0.332 e. The maximum Gasteiger partial charge on any atom is 0.332 e. The second-order valence-electron chi connectivity index (χ2n) is 6.46. The van der Waals surface area contributed by atoms with Crippen LogP contribution in [0.2, 0.25) is 5.02 Å². The maximum atomic E-state index is 12.5. The Morgan fingerprint density at radius 3 is 2.61 bits per heavy atom. The number of hydrogen-bond acceptors (Lipinski definition) is 5. The average molecular weight is 403 g/mol. The Labute approximate surface area is 165 Å². The standard InChI is InChI=1S/C19H19ClN4O4/c1-10-7-12(20)5-6-15(10)28-11(2)17(25)22-13-8-14-16(21-9-13)23(3)19(27)24(4)18(14)26/h5-9,11H,1-4H3,(H,22,25). The van der Waals surface area contributed by atoms with E-state index in [1.807, 2.05) is 6.92 Å². The Kier molecular flexibility index (Phi) is 5.24. The van der Waals surface area contributed by atoms with Crippen LogP contribution < -0.4 is 21.3 Å². The monoisotopic (exact) mass is 402 g/mol. The van der Waals surface area contributed by atoms with Crippen molar-refractivity contribution in [1.82, 2.24) is 14.1 Å². The van der Waals surface area contributed by atoms with E-state index in [9.17, 15) is 14.4 Å². The predicted molar refractivity (Wildman–Crippen MR) is 107 cm³/mol. The summed E-state index contributed by atoms with van der Waals surface area (Å²) < 4.78 is 7.96. The van der Waals surface area contributed by atoms with Crippen molar-refractivity contribution in [2.24, 2.45) is 14.1 Å². The number of fused-ring (bicyclic) bond motifs is 1. The van der Waals surface area contributed by atoms with Crippen LogP contribution in [0.3, 0.4) is 0 Å². The van der Waals surface area contributed by atoms with E-state index in [0.29, 0.717) is 16.5 Å². The predicted octanol–water partition coefficient (Wildman–Crippen LogP) is 2.00. The molecule has 8 nitrogen and oxygen atoms in total. The normalized spacial score (nSPS) is 12.0. The highest BCUT2D eigenvalue weighted by Gasteiger charge is 2.17. The molecule has 3 aromatic rings. The van der Waals surface area contributed by atoms with Crippen molar-refractivity contribution in [2.75, 3.05) is 5.32 Å². The Hall–Kier alpha value is -3.13. The number of carbonyl (C=O) groups is 1. The van der Waals surface area contributed by atoms with Crippen LogP contribution in [0, 0.1) is 6.92 Å². The van der Waals surface area contributed by atoms with Crippen LogP contribution in [-0.4, -0.2) is 26.1 Å². The number of ether oxygens (including phenoxy) is 1. The quantitative estimate of drug-likeness (QED) is 0.720. The molecule has 1 aromatic carbocycles. The van der Waals surface area contributed by atoms with Crippen LogP contribution in [0.4, 0.5) is 5.69 Å². The molecule has 1 amide bonds. The molecule has 0 radical (unpaired) electrons. The van der Waals surface area contributed by atoms with Gasteiger partial charge in [-0.15, -0.1) is 0 Å². The molecule has 9 heteroatoms. The first kappa shape index (κ1) is 19.6. The fourth-order valence-electron chi connectivity index (χ4n) is 2.77. The van der Waals surface area contributed by atoms with Gasteiger partial charge in [-0.1, -0.05) is 11.6 Å². The third-order valence-corrected chi connectivity index (χ3v) is 4.61. The minimum Gasteiger partial charge on any atom is -0.481 e. The Morgan fingerprint density at radius 1 is 1.21 bits per heavy atom. The van der Waals surface area contributed by atoms with Crippen LogP contribution in [0.15, 0.2) is 40.1 Å². The summed E-state index contributed by atoms with van der Waals surface area (Å²) in [6.45, 7) is 3.44. The number of anilines is 1. The molecule has 1 atom stereocenters. The van der Waals surface area contributed by atoms with Crippen molar-refractivity contribution in [3.8, 4) is 5.75 Å². The highest BCUT2D eigenvalue weighted by atomic mass is 35.5. The zero-order valence-electron chi connectivity index (χ0n) is 15.8. The Bertz CT molecular complexity index is 1200. The minimum absolute atomic E-state index is 0.226. The van der Waals surface area contributed by atoms with Crippen molar-refractivity contribution in [3.63, 3.8) is 0 Å². The van der Waals surface area contributed by atoms with Crippen molar-refractivity contribution < 1.29 is 9.53 Å². The third-order valence-electron chi connectivity index (χ3n) is 4.37. The van der Waals surface area contributed by atoms with Gasteiger partial charge in [0.1, 0.15) is 11.4 Å². The lowest BCUT2D eigenvalue weighted by molar-refractivity contribution is -0.122. The molecule has 146 valence electrons. The number of carbonyl (C=O) groups excluding carboxylic acids is 1. The molecule has 0 aliphatic heterocycles. The molecule has 0 bridgehead atoms. The average Bonchev–Trinajstić information content (AvgIpc) is 2.66. The number of nitrogens with one attached hydrogen (secondary N) is 1. The van der Waals surface area contributed by atoms with Crippen LogP contribution in [0.1, 0.15) is 12.5 Å². The summed E-state index contributed by atoms with van der Waals surface area (Å²) in [5.74, 6) is 0.143. The molecule has 1 N–H and O–H groups in total. The molecule has 0 aliphatic rings. The van der Waals surface area contributed by atoms with Crippen molar-refractivity contribution in [2.45, 2.75) is 20.0 Å². The first-order valence-corrected chi connectivity index (χ1v) is 8.86. The van der Waals surface area contributed by atoms with Gasteiger partial charge in [-0.25, -0.2) is 9.78 Å². The molecular weight excluding hydrogens is 384 g/mol. The van der Waals surface area contributed by atoms with E-state index in [-0.39, 0.29) is 11.0 Å². The summed E-state index contributed by atoms with van der Waals surface area (Å²) in [6.07, 6.45) is 0.595. The van der Waals surface area contributed by atoms with Crippen molar-refractivity contribution in [3.05, 3.63) is 61.9 Å². The zero-order chi connectivity index (χ0) is 20.6. The van der Waals surface area contributed by atoms with E-state index >= 15 is 0 Å². The summed E-state index contributed by atoms with van der Waals surface area (Å²) in [4.78, 5) is 40.9. The number of amides is 1. The van der Waals surface area contributed by atoms with Gasteiger partial charge in [0.2, 0.25) is 0 Å². The third kappa shape index (κ3) is 3.63. The van der Waals surface area contributed by atoms with Crippen molar-refractivity contribution >= 4 is 34.2 Å². The molecule has 28 heavy (non-hydrogen) atoms. The van der Waals surface area contributed by atoms with Gasteiger partial charge in [-0.2, -0.15) is 0 Å². The number of aromatic nitrogens is 3. The summed E-state index contributed by atoms with van der Waals surface area (Å²) >= 11 is 5.93. The van der Waals surface area contributed by atoms with Crippen LogP contribution in [-0.2, 0) is 18.9 Å². The molecule has 2 heterocycles. The summed E-state index contributed by atoms with van der Waals surface area (Å²) in [5, 5.41) is 3.49. The SMILES string of the molecule is Cc1cc(Cl)ccc1OC(C)C(=O)Nc1cnc2c(c1)c(=O)n(C)c(=O)n2C. The number of nitrogens with zero attached hydrogens (tertiary/aromatic N) is 3. The first-order chi connectivity index (χ1) is 13.2. The van der Waals surface area contributed by atoms with E-state index in [1.165, 1.54) is 30.9 Å². The van der Waals surface area contributed by atoms with E-state index in [0.717, 1.165) is 10.1 Å². The second kappa shape index (κ2) is 7.47. The van der Waals surface area contributed by atoms with Gasteiger partial charge in [0.15, 0.2) is 6.10 Å². The lowest BCUT2D eigenvalue weighted by Crippen LogP contribution is -2.37. The Balaban J connectivity index is 1.84. The van der Waals surface area contributed by atoms with Crippen LogP contribution in [0.5, 0.6) is 5.75 Å². The second-order valence-corrected chi connectivity index (χ2v) is 6.90. The van der Waals surface area contributed by atoms with Crippen molar-refractivity contribution in [1.29, 1.82) is 0 Å². The molecule has 1 unspecified atom stereocenters. The fraction of sp³-hybridized carbons (Fsp3) is 0.263. The highest BCUT2D eigenvalue weighted by Crippen LogP contribution is 2.23. The lowest BCUT2D eigenvalue weighted by atomic mass is 10.2. The summed E-state index contributed by atoms with van der Waals surface area (Å²) in [7, 11) is 2.92. The number of hydrogen-bond donors (Lipinski definition) is 1. The largest absolute Gasteiger partial charge is 0.481 e. The van der Waals surface area contributed by atoms with Gasteiger partial charge >= 0.3 is 5.69 Å². The number of aryl methyl sites for hydroxylation is 2. The first-order valence-electron chi connectivity index (χ1n) is 8.48. The Morgan fingerprint density at radius 2 is 1.93 bits per heavy atom. The number of pyridine rings is 1. The number of halogens is 1. The number of benzene rings is 1. The number of rotatable bonds is 4. The fourth-order valence-corrected chi connectivity index (χ4v) is 2.99. The summed E-state index contributed by atoms with van der Waals surface area (Å²) in [6, 6.07) is 6.61. The lowest BCUT2D eigenvalue weighted by Gasteiger charge is -2.16. The van der Waals surface area contributed by atoms with E-state index in [4.69, 9.17) is 16.3 Å². The van der Waals surface area contributed by atoms with E-state index in [1.54, 1.807) is 25.1 Å². The molecule has 0 fully saturated rings.